The quantitative estimate of drug-likeness (QED) is 0.105. The van der Waals surface area contributed by atoms with Gasteiger partial charge in [-0.25, -0.2) is 0 Å². The normalized spacial score (nSPS) is 11.3. The summed E-state index contributed by atoms with van der Waals surface area (Å²) in [6, 6.07) is 17.6. The third-order valence-corrected chi connectivity index (χ3v) is 7.65. The smallest absolute Gasteiger partial charge is 0.323 e. The van der Waals surface area contributed by atoms with Crippen LogP contribution in [0, 0.1) is 20.8 Å². The van der Waals surface area contributed by atoms with Gasteiger partial charge in [0.15, 0.2) is 0 Å². The predicted octanol–water partition coefficient (Wildman–Crippen LogP) is 8.12. The number of carbonyl (C=O) groups is 2. The highest BCUT2D eigenvalue weighted by atomic mass is 35.5. The Bertz CT molecular complexity index is 1600. The second-order valence-corrected chi connectivity index (χ2v) is 11.1. The number of hydrogen-bond acceptors (Lipinski definition) is 4. The predicted molar refractivity (Wildman–Crippen MR) is 171 cm³/mol. The van der Waals surface area contributed by atoms with Crippen LogP contribution >= 0.6 is 11.6 Å². The minimum atomic E-state index is -0.925. The molecule has 4 aromatic rings. The number of carboxylic acids is 2. The topological polar surface area (TPSA) is 98.0 Å². The van der Waals surface area contributed by atoms with Gasteiger partial charge in [0.1, 0.15) is 18.0 Å². The van der Waals surface area contributed by atoms with Crippen molar-refractivity contribution < 1.29 is 29.3 Å². The summed E-state index contributed by atoms with van der Waals surface area (Å²) in [5, 5.41) is 20.3. The summed E-state index contributed by atoms with van der Waals surface area (Å²) in [6.07, 6.45) is 6.86. The van der Waals surface area contributed by atoms with Crippen LogP contribution in [0.1, 0.15) is 59.2 Å². The molecule has 0 amide bonds. The van der Waals surface area contributed by atoms with Crippen LogP contribution < -0.4 is 9.47 Å². The van der Waals surface area contributed by atoms with Crippen molar-refractivity contribution >= 4 is 46.6 Å². The fraction of sp³-hybridized carbons (Fsp3) is 0.314. The van der Waals surface area contributed by atoms with Crippen molar-refractivity contribution in [3.63, 3.8) is 0 Å². The molecule has 4 rings (SSSR count). The van der Waals surface area contributed by atoms with Crippen molar-refractivity contribution in [1.29, 1.82) is 0 Å². The molecule has 0 aliphatic heterocycles. The first-order chi connectivity index (χ1) is 20.6. The highest BCUT2D eigenvalue weighted by Gasteiger charge is 2.18. The van der Waals surface area contributed by atoms with Crippen LogP contribution in [0.3, 0.4) is 0 Å². The summed E-state index contributed by atoms with van der Waals surface area (Å²) >= 11 is 6.10. The molecule has 7 nitrogen and oxygen atoms in total. The Hall–Kier alpha value is -4.23. The van der Waals surface area contributed by atoms with Crippen molar-refractivity contribution in [3.8, 4) is 11.5 Å². The standard InChI is InChI=1S/C35H38ClNO6/c1-23-20-28(36)21-24(2)35(23)43-19-5-4-18-42-29-16-13-26(14-17-29)12-15-27-8-6-10-31-30(9-7-11-32(38)39)25(3)37(34(27)31)22-33(40)41/h6,8,10,12-17,20-21H,4-5,7,9,11,18-19,22H2,1-3H3,(H,38,39)(H,40,41)/b15-12+. The molecule has 43 heavy (non-hydrogen) atoms. The van der Waals surface area contributed by atoms with Crippen molar-refractivity contribution in [2.24, 2.45) is 0 Å². The van der Waals surface area contributed by atoms with Crippen LogP contribution in [0.2, 0.25) is 5.02 Å². The monoisotopic (exact) mass is 603 g/mol. The number of aliphatic carboxylic acids is 2. The minimum Gasteiger partial charge on any atom is -0.494 e. The third kappa shape index (κ3) is 8.42. The molecule has 0 fully saturated rings. The summed E-state index contributed by atoms with van der Waals surface area (Å²) in [5.74, 6) is -0.0734. The average Bonchev–Trinajstić information content (AvgIpc) is 3.21. The van der Waals surface area contributed by atoms with E-state index in [1.54, 1.807) is 0 Å². The van der Waals surface area contributed by atoms with Gasteiger partial charge in [0, 0.05) is 22.5 Å². The van der Waals surface area contributed by atoms with Crippen molar-refractivity contribution in [2.45, 2.75) is 59.4 Å². The van der Waals surface area contributed by atoms with Crippen molar-refractivity contribution in [3.05, 3.63) is 93.1 Å². The van der Waals surface area contributed by atoms with E-state index in [1.807, 2.05) is 92.1 Å². The number of para-hydroxylation sites is 1. The summed E-state index contributed by atoms with van der Waals surface area (Å²) in [6.45, 7) is 6.94. The SMILES string of the molecule is Cc1cc(Cl)cc(C)c1OCCCCOc1ccc(/C=C/c2cccc3c(CCCC(=O)O)c(C)n(CC(=O)O)c23)cc1. The van der Waals surface area contributed by atoms with Gasteiger partial charge in [-0.3, -0.25) is 9.59 Å². The number of carboxylic acid groups (broad SMARTS) is 2. The summed E-state index contributed by atoms with van der Waals surface area (Å²) in [7, 11) is 0. The van der Waals surface area contributed by atoms with Gasteiger partial charge >= 0.3 is 11.9 Å². The fourth-order valence-electron chi connectivity index (χ4n) is 5.39. The van der Waals surface area contributed by atoms with E-state index in [0.29, 0.717) is 26.1 Å². The summed E-state index contributed by atoms with van der Waals surface area (Å²) in [5.41, 5.74) is 6.65. The molecule has 0 bridgehead atoms. The first-order valence-corrected chi connectivity index (χ1v) is 14.9. The van der Waals surface area contributed by atoms with Gasteiger partial charge in [-0.05, 0) is 98.5 Å². The lowest BCUT2D eigenvalue weighted by Crippen LogP contribution is -2.10. The zero-order chi connectivity index (χ0) is 30.9. The Morgan fingerprint density at radius 3 is 2.19 bits per heavy atom. The summed E-state index contributed by atoms with van der Waals surface area (Å²) < 4.78 is 13.7. The van der Waals surface area contributed by atoms with Crippen molar-refractivity contribution in [2.75, 3.05) is 13.2 Å². The Morgan fingerprint density at radius 2 is 1.53 bits per heavy atom. The Morgan fingerprint density at radius 1 is 0.860 bits per heavy atom. The van der Waals surface area contributed by atoms with E-state index in [4.69, 9.17) is 26.2 Å². The van der Waals surface area contributed by atoms with E-state index < -0.39 is 11.9 Å². The first kappa shape index (κ1) is 31.7. The highest BCUT2D eigenvalue weighted by molar-refractivity contribution is 6.30. The molecule has 0 atom stereocenters. The lowest BCUT2D eigenvalue weighted by atomic mass is 10.0. The maximum Gasteiger partial charge on any atom is 0.323 e. The molecule has 1 aromatic heterocycles. The van der Waals surface area contributed by atoms with E-state index in [0.717, 1.165) is 73.8 Å². The molecular weight excluding hydrogens is 566 g/mol. The van der Waals surface area contributed by atoms with Gasteiger partial charge in [0.2, 0.25) is 0 Å². The maximum absolute atomic E-state index is 11.7. The molecule has 0 saturated heterocycles. The molecule has 0 radical (unpaired) electrons. The van der Waals surface area contributed by atoms with Gasteiger partial charge in [0.25, 0.3) is 0 Å². The van der Waals surface area contributed by atoms with E-state index in [-0.39, 0.29) is 13.0 Å². The van der Waals surface area contributed by atoms with Gasteiger partial charge in [0.05, 0.1) is 18.7 Å². The molecule has 0 saturated carbocycles. The largest absolute Gasteiger partial charge is 0.494 e. The number of unbranched alkanes of at least 4 members (excludes halogenated alkanes) is 1. The zero-order valence-electron chi connectivity index (χ0n) is 24.9. The lowest BCUT2D eigenvalue weighted by Gasteiger charge is -2.13. The second-order valence-electron chi connectivity index (χ2n) is 10.7. The Kier molecular flexibility index (Phi) is 10.9. The molecule has 3 aromatic carbocycles. The van der Waals surface area contributed by atoms with E-state index in [1.165, 1.54) is 0 Å². The number of rotatable bonds is 15. The molecule has 2 N–H and O–H groups in total. The number of benzene rings is 3. The number of hydrogen-bond donors (Lipinski definition) is 2. The number of aromatic nitrogens is 1. The van der Waals surface area contributed by atoms with Gasteiger partial charge in [-0.2, -0.15) is 0 Å². The first-order valence-electron chi connectivity index (χ1n) is 14.5. The molecule has 8 heteroatoms. The highest BCUT2D eigenvalue weighted by Crippen LogP contribution is 2.31. The number of aryl methyl sites for hydroxylation is 3. The summed E-state index contributed by atoms with van der Waals surface area (Å²) in [4.78, 5) is 22.7. The fourth-order valence-corrected chi connectivity index (χ4v) is 5.71. The van der Waals surface area contributed by atoms with Crippen LogP contribution in [0.15, 0.2) is 54.6 Å². The second kappa shape index (κ2) is 14.8. The lowest BCUT2D eigenvalue weighted by molar-refractivity contribution is -0.138. The van der Waals surface area contributed by atoms with E-state index in [2.05, 4.69) is 0 Å². The van der Waals surface area contributed by atoms with Crippen LogP contribution in [0.25, 0.3) is 23.1 Å². The van der Waals surface area contributed by atoms with Crippen LogP contribution in [-0.4, -0.2) is 39.9 Å². The zero-order valence-corrected chi connectivity index (χ0v) is 25.6. The molecular formula is C35H38ClNO6. The van der Waals surface area contributed by atoms with Gasteiger partial charge < -0.3 is 24.3 Å². The number of halogens is 1. The molecule has 0 spiro atoms. The number of fused-ring (bicyclic) bond motifs is 1. The van der Waals surface area contributed by atoms with E-state index >= 15 is 0 Å². The van der Waals surface area contributed by atoms with E-state index in [9.17, 15) is 14.7 Å². The average molecular weight is 604 g/mol. The minimum absolute atomic E-state index is 0.0720. The van der Waals surface area contributed by atoms with Gasteiger partial charge in [-0.15, -0.1) is 0 Å². The molecule has 0 aliphatic carbocycles. The Labute approximate surface area is 257 Å². The number of nitrogens with zero attached hydrogens (tertiary/aromatic N) is 1. The molecule has 1 heterocycles. The van der Waals surface area contributed by atoms with Crippen LogP contribution in [0.5, 0.6) is 11.5 Å². The third-order valence-electron chi connectivity index (χ3n) is 7.43. The molecule has 0 aliphatic rings. The van der Waals surface area contributed by atoms with Crippen LogP contribution in [0.4, 0.5) is 0 Å². The Balaban J connectivity index is 1.37. The van der Waals surface area contributed by atoms with Crippen LogP contribution in [-0.2, 0) is 22.6 Å². The molecule has 0 unspecified atom stereocenters. The molecule has 226 valence electrons. The number of ether oxygens (including phenoxy) is 2. The van der Waals surface area contributed by atoms with Gasteiger partial charge in [-0.1, -0.05) is 54.1 Å². The maximum atomic E-state index is 11.7. The van der Waals surface area contributed by atoms with Crippen molar-refractivity contribution in [1.82, 2.24) is 4.57 Å².